The summed E-state index contributed by atoms with van der Waals surface area (Å²) in [5, 5.41) is 2.20. The number of carbonyl (C=O) groups is 2. The molecule has 0 bridgehead atoms. The molecular formula is C18H21NO3S. The molecular weight excluding hydrogens is 310 g/mol. The van der Waals surface area contributed by atoms with E-state index in [2.05, 4.69) is 17.4 Å². The molecule has 122 valence electrons. The van der Waals surface area contributed by atoms with Gasteiger partial charge in [0.15, 0.2) is 5.78 Å². The Morgan fingerprint density at radius 1 is 1.17 bits per heavy atom. The number of furan rings is 1. The van der Waals surface area contributed by atoms with Crippen molar-refractivity contribution in [1.82, 2.24) is 5.32 Å². The second kappa shape index (κ2) is 9.20. The molecule has 0 spiro atoms. The maximum atomic E-state index is 12.4. The van der Waals surface area contributed by atoms with Crippen molar-refractivity contribution in [2.45, 2.75) is 37.3 Å². The standard InChI is InChI=1S/C18H21NO3S/c1-14(20)19-18(23-13-16-10-6-12-22-16)17(21)11-5-9-15-7-3-2-4-8-15/h2-4,6-8,10,12,18H,5,9,11,13H2,1H3,(H,19,20)/t18-/m0/s1. The molecule has 2 rings (SSSR count). The van der Waals surface area contributed by atoms with Crippen LogP contribution < -0.4 is 5.32 Å². The summed E-state index contributed by atoms with van der Waals surface area (Å²) in [4.78, 5) is 23.7. The van der Waals surface area contributed by atoms with E-state index < -0.39 is 5.37 Å². The Balaban J connectivity index is 1.81. The summed E-state index contributed by atoms with van der Waals surface area (Å²) in [7, 11) is 0. The van der Waals surface area contributed by atoms with E-state index in [1.807, 2.05) is 30.3 Å². The number of amides is 1. The van der Waals surface area contributed by atoms with E-state index in [-0.39, 0.29) is 11.7 Å². The van der Waals surface area contributed by atoms with Gasteiger partial charge in [0.2, 0.25) is 5.91 Å². The van der Waals surface area contributed by atoms with Gasteiger partial charge in [0.1, 0.15) is 11.1 Å². The van der Waals surface area contributed by atoms with Crippen molar-refractivity contribution >= 4 is 23.5 Å². The molecule has 0 radical (unpaired) electrons. The van der Waals surface area contributed by atoms with E-state index in [4.69, 9.17) is 4.42 Å². The second-order valence-electron chi connectivity index (χ2n) is 5.28. The lowest BCUT2D eigenvalue weighted by molar-refractivity contribution is -0.124. The molecule has 0 unspecified atom stereocenters. The summed E-state index contributed by atoms with van der Waals surface area (Å²) >= 11 is 1.39. The van der Waals surface area contributed by atoms with Gasteiger partial charge in [-0.15, -0.1) is 11.8 Å². The molecule has 0 fully saturated rings. The molecule has 1 aromatic heterocycles. The molecule has 5 heteroatoms. The third-order valence-corrected chi connectivity index (χ3v) is 4.50. The quantitative estimate of drug-likeness (QED) is 0.714. The molecule has 0 saturated heterocycles. The van der Waals surface area contributed by atoms with Gasteiger partial charge < -0.3 is 9.73 Å². The van der Waals surface area contributed by atoms with Crippen LogP contribution in [0, 0.1) is 0 Å². The highest BCUT2D eigenvalue weighted by Gasteiger charge is 2.19. The lowest BCUT2D eigenvalue weighted by Gasteiger charge is -2.15. The number of hydrogen-bond donors (Lipinski definition) is 1. The van der Waals surface area contributed by atoms with Crippen molar-refractivity contribution in [3.8, 4) is 0 Å². The minimum Gasteiger partial charge on any atom is -0.468 e. The number of nitrogens with one attached hydrogen (secondary N) is 1. The van der Waals surface area contributed by atoms with Gasteiger partial charge in [-0.1, -0.05) is 30.3 Å². The smallest absolute Gasteiger partial charge is 0.218 e. The van der Waals surface area contributed by atoms with Crippen molar-refractivity contribution in [1.29, 1.82) is 0 Å². The number of carbonyl (C=O) groups excluding carboxylic acids is 2. The number of Topliss-reactive ketones (excluding diaryl/α,β-unsaturated/α-hetero) is 1. The Bertz CT molecular complexity index is 610. The van der Waals surface area contributed by atoms with Crippen LogP contribution in [0.4, 0.5) is 0 Å². The van der Waals surface area contributed by atoms with Crippen molar-refractivity contribution in [3.05, 3.63) is 60.1 Å². The maximum Gasteiger partial charge on any atom is 0.218 e. The Morgan fingerprint density at radius 3 is 2.61 bits per heavy atom. The van der Waals surface area contributed by atoms with E-state index in [1.165, 1.54) is 24.2 Å². The van der Waals surface area contributed by atoms with Crippen LogP contribution in [0.5, 0.6) is 0 Å². The highest BCUT2D eigenvalue weighted by molar-refractivity contribution is 7.99. The van der Waals surface area contributed by atoms with Crippen LogP contribution in [0.1, 0.15) is 31.1 Å². The predicted molar refractivity (Wildman–Crippen MR) is 92.0 cm³/mol. The summed E-state index contributed by atoms with van der Waals surface area (Å²) < 4.78 is 5.26. The first-order valence-corrected chi connectivity index (χ1v) is 8.68. The summed E-state index contributed by atoms with van der Waals surface area (Å²) in [5.74, 6) is 1.20. The molecule has 1 heterocycles. The van der Waals surface area contributed by atoms with E-state index in [0.717, 1.165) is 18.6 Å². The topological polar surface area (TPSA) is 59.3 Å². The van der Waals surface area contributed by atoms with Crippen LogP contribution in [0.25, 0.3) is 0 Å². The zero-order valence-electron chi connectivity index (χ0n) is 13.2. The zero-order chi connectivity index (χ0) is 16.5. The normalized spacial score (nSPS) is 11.9. The maximum absolute atomic E-state index is 12.4. The van der Waals surface area contributed by atoms with Crippen LogP contribution in [0.3, 0.4) is 0 Å². The van der Waals surface area contributed by atoms with Crippen LogP contribution in [0.2, 0.25) is 0 Å². The van der Waals surface area contributed by atoms with Crippen LogP contribution in [0.15, 0.2) is 53.1 Å². The number of aryl methyl sites for hydroxylation is 1. The Labute approximate surface area is 140 Å². The fraction of sp³-hybridized carbons (Fsp3) is 0.333. The molecule has 1 N–H and O–H groups in total. The largest absolute Gasteiger partial charge is 0.468 e. The third kappa shape index (κ3) is 6.32. The molecule has 1 atom stereocenters. The van der Waals surface area contributed by atoms with Gasteiger partial charge in [-0.25, -0.2) is 0 Å². The second-order valence-corrected chi connectivity index (χ2v) is 6.37. The highest BCUT2D eigenvalue weighted by Crippen LogP contribution is 2.19. The lowest BCUT2D eigenvalue weighted by Crippen LogP contribution is -2.37. The van der Waals surface area contributed by atoms with Gasteiger partial charge in [0.25, 0.3) is 0 Å². The fourth-order valence-electron chi connectivity index (χ4n) is 2.20. The summed E-state index contributed by atoms with van der Waals surface area (Å²) in [6.07, 6.45) is 3.69. The SMILES string of the molecule is CC(=O)N[C@@H](SCc1ccco1)C(=O)CCCc1ccccc1. The van der Waals surface area contributed by atoms with Crippen molar-refractivity contribution in [3.63, 3.8) is 0 Å². The average molecular weight is 331 g/mol. The zero-order valence-corrected chi connectivity index (χ0v) is 14.0. The van der Waals surface area contributed by atoms with Gasteiger partial charge in [-0.2, -0.15) is 0 Å². The Hall–Kier alpha value is -2.01. The number of thioether (sulfide) groups is 1. The number of benzene rings is 1. The Kier molecular flexibility index (Phi) is 6.94. The average Bonchev–Trinajstić information content (AvgIpc) is 3.05. The van der Waals surface area contributed by atoms with Gasteiger partial charge >= 0.3 is 0 Å². The molecule has 1 aromatic carbocycles. The molecule has 0 aliphatic heterocycles. The molecule has 0 saturated carbocycles. The molecule has 0 aliphatic rings. The van der Waals surface area contributed by atoms with Crippen molar-refractivity contribution in [2.24, 2.45) is 0 Å². The monoisotopic (exact) mass is 331 g/mol. The number of hydrogen-bond acceptors (Lipinski definition) is 4. The molecule has 4 nitrogen and oxygen atoms in total. The van der Waals surface area contributed by atoms with Gasteiger partial charge in [0, 0.05) is 13.3 Å². The van der Waals surface area contributed by atoms with E-state index in [0.29, 0.717) is 12.2 Å². The number of ketones is 1. The van der Waals surface area contributed by atoms with Crippen molar-refractivity contribution in [2.75, 3.05) is 0 Å². The molecule has 23 heavy (non-hydrogen) atoms. The molecule has 0 aliphatic carbocycles. The van der Waals surface area contributed by atoms with E-state index >= 15 is 0 Å². The summed E-state index contributed by atoms with van der Waals surface area (Å²) in [6.45, 7) is 1.43. The first kappa shape index (κ1) is 17.3. The summed E-state index contributed by atoms with van der Waals surface area (Å²) in [5.41, 5.74) is 1.22. The fourth-order valence-corrected chi connectivity index (χ4v) is 3.25. The van der Waals surface area contributed by atoms with Gasteiger partial charge in [-0.05, 0) is 30.5 Å². The minimum absolute atomic E-state index is 0.0488. The van der Waals surface area contributed by atoms with Crippen molar-refractivity contribution < 1.29 is 14.0 Å². The predicted octanol–water partition coefficient (Wildman–Crippen LogP) is 3.57. The Morgan fingerprint density at radius 2 is 1.96 bits per heavy atom. The highest BCUT2D eigenvalue weighted by atomic mass is 32.2. The van der Waals surface area contributed by atoms with E-state index in [9.17, 15) is 9.59 Å². The van der Waals surface area contributed by atoms with Gasteiger partial charge in [0.05, 0.1) is 12.0 Å². The number of rotatable bonds is 9. The van der Waals surface area contributed by atoms with Gasteiger partial charge in [-0.3, -0.25) is 9.59 Å². The third-order valence-electron chi connectivity index (χ3n) is 3.33. The minimum atomic E-state index is -0.520. The van der Waals surface area contributed by atoms with Crippen LogP contribution in [-0.2, 0) is 21.8 Å². The van der Waals surface area contributed by atoms with Crippen LogP contribution in [-0.4, -0.2) is 17.1 Å². The molecule has 2 aromatic rings. The first-order valence-electron chi connectivity index (χ1n) is 7.63. The molecule has 1 amide bonds. The summed E-state index contributed by atoms with van der Waals surface area (Å²) in [6, 6.07) is 13.8. The first-order chi connectivity index (χ1) is 11.1. The lowest BCUT2D eigenvalue weighted by atomic mass is 10.1. The van der Waals surface area contributed by atoms with Crippen LogP contribution >= 0.6 is 11.8 Å². The van der Waals surface area contributed by atoms with E-state index in [1.54, 1.807) is 6.26 Å².